The van der Waals surface area contributed by atoms with Gasteiger partial charge in [0.2, 0.25) is 5.78 Å². The largest absolute Gasteiger partial charge is 0.287 e. The fourth-order valence-electron chi connectivity index (χ4n) is 0.985. The van der Waals surface area contributed by atoms with E-state index >= 15 is 0 Å². The Morgan fingerprint density at radius 1 is 1.55 bits per heavy atom. The molecule has 0 aromatic carbocycles. The summed E-state index contributed by atoms with van der Waals surface area (Å²) in [7, 11) is 0. The van der Waals surface area contributed by atoms with E-state index in [1.54, 1.807) is 12.4 Å². The van der Waals surface area contributed by atoms with Crippen molar-refractivity contribution in [2.45, 2.75) is 6.92 Å². The average Bonchev–Trinajstić information content (AvgIpc) is 2.31. The topological polar surface area (TPSA) is 30.2 Å². The summed E-state index contributed by atoms with van der Waals surface area (Å²) in [6.45, 7) is 1.98. The number of nitrogens with zero attached hydrogens (tertiary/aromatic N) is 3. The highest BCUT2D eigenvalue weighted by atomic mass is 35.5. The lowest BCUT2D eigenvalue weighted by molar-refractivity contribution is 1.04. The van der Waals surface area contributed by atoms with Crippen LogP contribution in [0.5, 0.6) is 0 Å². The standard InChI is InChI=1S/C7H6ClN3/c1-5-2-3-9-7-10-6(8)4-11(5)7/h2-4H,1H3. The van der Waals surface area contributed by atoms with E-state index in [2.05, 4.69) is 9.97 Å². The number of rotatable bonds is 0. The SMILES string of the molecule is Cc1ccnc2nc(Cl)cn12. The summed E-state index contributed by atoms with van der Waals surface area (Å²) in [4.78, 5) is 8.02. The normalized spacial score (nSPS) is 10.7. The molecule has 2 rings (SSSR count). The summed E-state index contributed by atoms with van der Waals surface area (Å²) >= 11 is 5.68. The van der Waals surface area contributed by atoms with Crippen LogP contribution in [0.4, 0.5) is 0 Å². The van der Waals surface area contributed by atoms with Crippen molar-refractivity contribution in [1.29, 1.82) is 0 Å². The molecule has 0 saturated heterocycles. The van der Waals surface area contributed by atoms with Crippen LogP contribution in [0.1, 0.15) is 5.69 Å². The molecule has 56 valence electrons. The van der Waals surface area contributed by atoms with Crippen LogP contribution in [-0.4, -0.2) is 14.4 Å². The Balaban J connectivity index is 2.90. The molecule has 2 aromatic heterocycles. The molecule has 3 nitrogen and oxygen atoms in total. The summed E-state index contributed by atoms with van der Waals surface area (Å²) in [5.74, 6) is 0.648. The van der Waals surface area contributed by atoms with Crippen molar-refractivity contribution in [3.05, 3.63) is 29.3 Å². The van der Waals surface area contributed by atoms with Gasteiger partial charge in [-0.2, -0.15) is 4.98 Å². The van der Waals surface area contributed by atoms with Gasteiger partial charge in [-0.1, -0.05) is 11.6 Å². The molecule has 0 aliphatic rings. The van der Waals surface area contributed by atoms with Gasteiger partial charge in [0.05, 0.1) is 0 Å². The first kappa shape index (κ1) is 6.61. The van der Waals surface area contributed by atoms with Gasteiger partial charge < -0.3 is 0 Å². The van der Waals surface area contributed by atoms with E-state index in [1.165, 1.54) is 0 Å². The lowest BCUT2D eigenvalue weighted by Gasteiger charge is -1.94. The third-order valence-corrected chi connectivity index (χ3v) is 1.73. The summed E-state index contributed by atoms with van der Waals surface area (Å²) in [6.07, 6.45) is 3.47. The van der Waals surface area contributed by atoms with Gasteiger partial charge in [0, 0.05) is 18.1 Å². The molecule has 0 atom stereocenters. The second-order valence-electron chi connectivity index (χ2n) is 2.32. The van der Waals surface area contributed by atoms with Gasteiger partial charge in [0.1, 0.15) is 5.15 Å². The van der Waals surface area contributed by atoms with Crippen molar-refractivity contribution in [3.63, 3.8) is 0 Å². The Morgan fingerprint density at radius 2 is 2.36 bits per heavy atom. The molecule has 0 bridgehead atoms. The van der Waals surface area contributed by atoms with Crippen LogP contribution in [0.25, 0.3) is 5.78 Å². The molecular weight excluding hydrogens is 162 g/mol. The predicted octanol–water partition coefficient (Wildman–Crippen LogP) is 1.69. The Hall–Kier alpha value is -1.09. The first-order valence-corrected chi connectivity index (χ1v) is 3.61. The quantitative estimate of drug-likeness (QED) is 0.598. The average molecular weight is 168 g/mol. The lowest BCUT2D eigenvalue weighted by atomic mass is 10.4. The maximum atomic E-state index is 5.68. The molecule has 0 unspecified atom stereocenters. The number of aryl methyl sites for hydroxylation is 1. The molecule has 2 heterocycles. The minimum atomic E-state index is 0.479. The van der Waals surface area contributed by atoms with Gasteiger partial charge in [0.15, 0.2) is 0 Å². The second kappa shape index (κ2) is 2.20. The zero-order valence-corrected chi connectivity index (χ0v) is 6.71. The summed E-state index contributed by atoms with van der Waals surface area (Å²) < 4.78 is 1.85. The van der Waals surface area contributed by atoms with E-state index in [0.29, 0.717) is 10.9 Å². The van der Waals surface area contributed by atoms with Gasteiger partial charge in [0.25, 0.3) is 0 Å². The fraction of sp³-hybridized carbons (Fsp3) is 0.143. The Bertz CT molecular complexity index is 393. The maximum Gasteiger partial charge on any atom is 0.235 e. The van der Waals surface area contributed by atoms with E-state index in [0.717, 1.165) is 5.69 Å². The highest BCUT2D eigenvalue weighted by Gasteiger charge is 1.99. The molecular formula is C7H6ClN3. The van der Waals surface area contributed by atoms with Gasteiger partial charge in [-0.15, -0.1) is 0 Å². The molecule has 11 heavy (non-hydrogen) atoms. The zero-order valence-electron chi connectivity index (χ0n) is 5.95. The molecule has 0 spiro atoms. The smallest absolute Gasteiger partial charge is 0.235 e. The number of halogens is 1. The van der Waals surface area contributed by atoms with E-state index in [4.69, 9.17) is 11.6 Å². The minimum absolute atomic E-state index is 0.479. The molecule has 4 heteroatoms. The van der Waals surface area contributed by atoms with Crippen LogP contribution in [0.2, 0.25) is 5.15 Å². The van der Waals surface area contributed by atoms with Crippen LogP contribution in [0.3, 0.4) is 0 Å². The van der Waals surface area contributed by atoms with Crippen molar-refractivity contribution in [2.24, 2.45) is 0 Å². The first-order chi connectivity index (χ1) is 5.27. The number of hydrogen-bond donors (Lipinski definition) is 0. The highest BCUT2D eigenvalue weighted by Crippen LogP contribution is 2.09. The Morgan fingerprint density at radius 3 is 3.09 bits per heavy atom. The second-order valence-corrected chi connectivity index (χ2v) is 2.71. The Kier molecular flexibility index (Phi) is 1.32. The van der Waals surface area contributed by atoms with Gasteiger partial charge >= 0.3 is 0 Å². The van der Waals surface area contributed by atoms with Crippen LogP contribution in [0.15, 0.2) is 18.5 Å². The predicted molar refractivity (Wildman–Crippen MR) is 42.7 cm³/mol. The van der Waals surface area contributed by atoms with E-state index in [1.807, 2.05) is 17.4 Å². The van der Waals surface area contributed by atoms with Gasteiger partial charge in [-0.05, 0) is 13.0 Å². The molecule has 0 aliphatic heterocycles. The van der Waals surface area contributed by atoms with Crippen LogP contribution in [0, 0.1) is 6.92 Å². The first-order valence-electron chi connectivity index (χ1n) is 3.23. The number of aromatic nitrogens is 3. The zero-order chi connectivity index (χ0) is 7.84. The van der Waals surface area contributed by atoms with Crippen LogP contribution in [-0.2, 0) is 0 Å². The molecule has 2 aromatic rings. The van der Waals surface area contributed by atoms with Crippen LogP contribution >= 0.6 is 11.6 Å². The lowest BCUT2D eigenvalue weighted by Crippen LogP contribution is -1.90. The van der Waals surface area contributed by atoms with E-state index in [-0.39, 0.29) is 0 Å². The third kappa shape index (κ3) is 0.973. The molecule has 0 saturated carbocycles. The minimum Gasteiger partial charge on any atom is -0.287 e. The van der Waals surface area contributed by atoms with E-state index in [9.17, 15) is 0 Å². The third-order valence-electron chi connectivity index (χ3n) is 1.54. The number of hydrogen-bond acceptors (Lipinski definition) is 2. The van der Waals surface area contributed by atoms with Crippen molar-refractivity contribution >= 4 is 17.4 Å². The molecule has 0 amide bonds. The maximum absolute atomic E-state index is 5.68. The Labute approximate surface area is 68.7 Å². The number of fused-ring (bicyclic) bond motifs is 1. The van der Waals surface area contributed by atoms with E-state index < -0.39 is 0 Å². The molecule has 0 N–H and O–H groups in total. The van der Waals surface area contributed by atoms with Crippen molar-refractivity contribution in [1.82, 2.24) is 14.4 Å². The number of imidazole rings is 1. The summed E-state index contributed by atoms with van der Waals surface area (Å²) in [5, 5.41) is 0.479. The summed E-state index contributed by atoms with van der Waals surface area (Å²) in [6, 6.07) is 1.91. The highest BCUT2D eigenvalue weighted by molar-refractivity contribution is 6.29. The van der Waals surface area contributed by atoms with Gasteiger partial charge in [-0.3, -0.25) is 4.40 Å². The van der Waals surface area contributed by atoms with Crippen LogP contribution < -0.4 is 0 Å². The molecule has 0 aliphatic carbocycles. The summed E-state index contributed by atoms with van der Waals surface area (Å²) in [5.41, 5.74) is 1.08. The monoisotopic (exact) mass is 167 g/mol. The molecule has 0 radical (unpaired) electrons. The fourth-order valence-corrected chi connectivity index (χ4v) is 1.16. The van der Waals surface area contributed by atoms with Crippen molar-refractivity contribution in [3.8, 4) is 0 Å². The molecule has 0 fully saturated rings. The van der Waals surface area contributed by atoms with Crippen molar-refractivity contribution in [2.75, 3.05) is 0 Å². The van der Waals surface area contributed by atoms with Gasteiger partial charge in [-0.25, -0.2) is 4.98 Å². The van der Waals surface area contributed by atoms with Crippen molar-refractivity contribution < 1.29 is 0 Å².